The van der Waals surface area contributed by atoms with Crippen molar-refractivity contribution in [2.24, 2.45) is 0 Å². The Morgan fingerprint density at radius 2 is 2.16 bits per heavy atom. The second-order valence-electron chi connectivity index (χ2n) is 6.06. The Bertz CT molecular complexity index is 373. The van der Waals surface area contributed by atoms with Gasteiger partial charge in [0.2, 0.25) is 0 Å². The number of hydrogen-bond donors (Lipinski definition) is 1. The minimum absolute atomic E-state index is 0.135. The molecule has 4 nitrogen and oxygen atoms in total. The van der Waals surface area contributed by atoms with Gasteiger partial charge in [0, 0.05) is 37.2 Å². The van der Waals surface area contributed by atoms with Gasteiger partial charge < -0.3 is 10.1 Å². The zero-order chi connectivity index (χ0) is 14.5. The molecule has 0 saturated carbocycles. The van der Waals surface area contributed by atoms with Crippen molar-refractivity contribution >= 4 is 11.3 Å². The van der Waals surface area contributed by atoms with Gasteiger partial charge in [-0.3, -0.25) is 4.90 Å². The third kappa shape index (κ3) is 6.47. The van der Waals surface area contributed by atoms with E-state index >= 15 is 0 Å². The molecule has 110 valence electrons. The third-order valence-electron chi connectivity index (χ3n) is 2.94. The van der Waals surface area contributed by atoms with Crippen molar-refractivity contribution in [1.29, 1.82) is 0 Å². The summed E-state index contributed by atoms with van der Waals surface area (Å²) in [6.45, 7) is 11.1. The summed E-state index contributed by atoms with van der Waals surface area (Å²) in [6, 6.07) is 0.405. The number of nitrogens with one attached hydrogen (secondary N) is 1. The zero-order valence-corrected chi connectivity index (χ0v) is 13.8. The van der Waals surface area contributed by atoms with E-state index in [1.54, 1.807) is 18.4 Å². The van der Waals surface area contributed by atoms with Crippen molar-refractivity contribution in [1.82, 2.24) is 15.2 Å². The Morgan fingerprint density at radius 3 is 2.74 bits per heavy atom. The summed E-state index contributed by atoms with van der Waals surface area (Å²) in [6.07, 6.45) is 0. The molecule has 19 heavy (non-hydrogen) atoms. The van der Waals surface area contributed by atoms with Crippen LogP contribution in [0.15, 0.2) is 5.38 Å². The number of rotatable bonds is 7. The molecule has 1 unspecified atom stereocenters. The van der Waals surface area contributed by atoms with Gasteiger partial charge in [-0.15, -0.1) is 11.3 Å². The molecule has 1 atom stereocenters. The summed E-state index contributed by atoms with van der Waals surface area (Å²) in [4.78, 5) is 6.93. The molecule has 1 N–H and O–H groups in total. The summed E-state index contributed by atoms with van der Waals surface area (Å²) in [5.74, 6) is 0. The fraction of sp³-hybridized carbons (Fsp3) is 0.786. The van der Waals surface area contributed by atoms with E-state index in [9.17, 15) is 0 Å². The maximum atomic E-state index is 5.17. The Kier molecular flexibility index (Phi) is 6.39. The van der Waals surface area contributed by atoms with Crippen LogP contribution in [0.2, 0.25) is 0 Å². The molecule has 0 fully saturated rings. The van der Waals surface area contributed by atoms with E-state index in [0.29, 0.717) is 6.04 Å². The Hall–Kier alpha value is -0.490. The lowest BCUT2D eigenvalue weighted by molar-refractivity contribution is 0.111. The van der Waals surface area contributed by atoms with Crippen LogP contribution < -0.4 is 5.32 Å². The lowest BCUT2D eigenvalue weighted by Gasteiger charge is -2.22. The molecule has 0 bridgehead atoms. The molecule has 0 spiro atoms. The fourth-order valence-corrected chi connectivity index (χ4v) is 2.35. The summed E-state index contributed by atoms with van der Waals surface area (Å²) >= 11 is 1.73. The molecule has 5 heteroatoms. The minimum atomic E-state index is 0.135. The van der Waals surface area contributed by atoms with Gasteiger partial charge >= 0.3 is 0 Å². The quantitative estimate of drug-likeness (QED) is 0.835. The second-order valence-corrected chi connectivity index (χ2v) is 7.00. The van der Waals surface area contributed by atoms with Crippen LogP contribution in [0.3, 0.4) is 0 Å². The maximum absolute atomic E-state index is 5.17. The van der Waals surface area contributed by atoms with Gasteiger partial charge in [-0.25, -0.2) is 4.98 Å². The van der Waals surface area contributed by atoms with E-state index in [-0.39, 0.29) is 5.54 Å². The summed E-state index contributed by atoms with van der Waals surface area (Å²) in [7, 11) is 3.85. The molecule has 1 heterocycles. The molecular weight excluding hydrogens is 258 g/mol. The van der Waals surface area contributed by atoms with Crippen molar-refractivity contribution in [3.63, 3.8) is 0 Å². The molecule has 0 aromatic carbocycles. The number of hydrogen-bond acceptors (Lipinski definition) is 5. The van der Waals surface area contributed by atoms with Crippen molar-refractivity contribution in [2.45, 2.75) is 52.4 Å². The number of likely N-dealkylation sites (N-methyl/N-ethyl adjacent to an activating group) is 1. The zero-order valence-electron chi connectivity index (χ0n) is 13.0. The molecule has 0 aliphatic carbocycles. The number of nitrogens with zero attached hydrogens (tertiary/aromatic N) is 2. The largest absolute Gasteiger partial charge is 0.383 e. The summed E-state index contributed by atoms with van der Waals surface area (Å²) in [5.41, 5.74) is 1.27. The van der Waals surface area contributed by atoms with E-state index in [1.165, 1.54) is 0 Å². The number of methoxy groups -OCH3 is 1. The SMILES string of the molecule is COCC(C)N(C)Cc1csc(CNC(C)(C)C)n1. The van der Waals surface area contributed by atoms with E-state index in [1.807, 2.05) is 0 Å². The summed E-state index contributed by atoms with van der Waals surface area (Å²) < 4.78 is 5.17. The van der Waals surface area contributed by atoms with E-state index in [4.69, 9.17) is 4.74 Å². The van der Waals surface area contributed by atoms with E-state index in [0.717, 1.165) is 30.4 Å². The van der Waals surface area contributed by atoms with Crippen molar-refractivity contribution < 1.29 is 4.74 Å². The van der Waals surface area contributed by atoms with Crippen LogP contribution in [-0.2, 0) is 17.8 Å². The normalized spacial score (nSPS) is 14.1. The van der Waals surface area contributed by atoms with Gasteiger partial charge in [0.1, 0.15) is 5.01 Å². The third-order valence-corrected chi connectivity index (χ3v) is 3.84. The molecular formula is C14H27N3OS. The van der Waals surface area contributed by atoms with Gasteiger partial charge in [0.15, 0.2) is 0 Å². The molecule has 1 aromatic rings. The second kappa shape index (κ2) is 7.33. The maximum Gasteiger partial charge on any atom is 0.107 e. The Labute approximate surface area is 121 Å². The lowest BCUT2D eigenvalue weighted by atomic mass is 10.1. The van der Waals surface area contributed by atoms with Crippen LogP contribution in [0.25, 0.3) is 0 Å². The van der Waals surface area contributed by atoms with Crippen LogP contribution in [0.1, 0.15) is 38.4 Å². The predicted octanol–water partition coefficient (Wildman–Crippen LogP) is 2.50. The molecule has 0 aliphatic heterocycles. The average molecular weight is 285 g/mol. The van der Waals surface area contributed by atoms with E-state index < -0.39 is 0 Å². The molecule has 1 rings (SSSR count). The van der Waals surface area contributed by atoms with Crippen molar-refractivity contribution in [2.75, 3.05) is 20.8 Å². The van der Waals surface area contributed by atoms with Crippen molar-refractivity contribution in [3.8, 4) is 0 Å². The van der Waals surface area contributed by atoms with Crippen LogP contribution in [0.5, 0.6) is 0 Å². The number of aromatic nitrogens is 1. The first kappa shape index (κ1) is 16.6. The van der Waals surface area contributed by atoms with Gasteiger partial charge in [0.05, 0.1) is 12.3 Å². The lowest BCUT2D eigenvalue weighted by Crippen LogP contribution is -2.35. The highest BCUT2D eigenvalue weighted by atomic mass is 32.1. The molecule has 1 aromatic heterocycles. The van der Waals surface area contributed by atoms with Gasteiger partial charge in [-0.1, -0.05) is 0 Å². The predicted molar refractivity (Wildman–Crippen MR) is 81.5 cm³/mol. The van der Waals surface area contributed by atoms with Crippen LogP contribution >= 0.6 is 11.3 Å². The average Bonchev–Trinajstić information content (AvgIpc) is 2.73. The van der Waals surface area contributed by atoms with Crippen LogP contribution in [0, 0.1) is 0 Å². The monoisotopic (exact) mass is 285 g/mol. The molecule has 0 radical (unpaired) electrons. The number of ether oxygens (including phenoxy) is 1. The standard InChI is InChI=1S/C14H27N3OS/c1-11(9-18-6)17(5)8-12-10-19-13(16-12)7-15-14(2,3)4/h10-11,15H,7-9H2,1-6H3. The molecule has 0 saturated heterocycles. The molecule has 0 aliphatic rings. The molecule has 0 amide bonds. The minimum Gasteiger partial charge on any atom is -0.383 e. The highest BCUT2D eigenvalue weighted by molar-refractivity contribution is 7.09. The first-order valence-corrected chi connectivity index (χ1v) is 7.57. The van der Waals surface area contributed by atoms with E-state index in [2.05, 4.69) is 55.3 Å². The Morgan fingerprint density at radius 1 is 1.47 bits per heavy atom. The van der Waals surface area contributed by atoms with Crippen LogP contribution in [0.4, 0.5) is 0 Å². The van der Waals surface area contributed by atoms with Gasteiger partial charge in [0.25, 0.3) is 0 Å². The van der Waals surface area contributed by atoms with Gasteiger partial charge in [-0.2, -0.15) is 0 Å². The first-order chi connectivity index (χ1) is 8.81. The first-order valence-electron chi connectivity index (χ1n) is 6.69. The fourth-order valence-electron chi connectivity index (χ4n) is 1.62. The van der Waals surface area contributed by atoms with Gasteiger partial charge in [-0.05, 0) is 34.7 Å². The summed E-state index contributed by atoms with van der Waals surface area (Å²) in [5, 5.41) is 6.76. The smallest absolute Gasteiger partial charge is 0.107 e. The number of thiazole rings is 1. The van der Waals surface area contributed by atoms with Crippen LogP contribution in [-0.4, -0.2) is 42.2 Å². The Balaban J connectivity index is 2.46. The highest BCUT2D eigenvalue weighted by Crippen LogP contribution is 2.13. The highest BCUT2D eigenvalue weighted by Gasteiger charge is 2.13. The topological polar surface area (TPSA) is 37.4 Å². The van der Waals surface area contributed by atoms with Crippen molar-refractivity contribution in [3.05, 3.63) is 16.1 Å².